The molecule has 0 aliphatic carbocycles. The van der Waals surface area contributed by atoms with Crippen molar-refractivity contribution in [2.75, 3.05) is 19.7 Å². The number of ether oxygens (including phenoxy) is 1. The first-order valence-electron chi connectivity index (χ1n) is 6.29. The number of benzene rings is 1. The number of rotatable bonds is 2. The summed E-state index contributed by atoms with van der Waals surface area (Å²) in [6.45, 7) is 6.07. The highest BCUT2D eigenvalue weighted by molar-refractivity contribution is 9.10. The van der Waals surface area contributed by atoms with Gasteiger partial charge in [0, 0.05) is 23.1 Å². The van der Waals surface area contributed by atoms with Crippen LogP contribution in [-0.2, 0) is 4.74 Å². The molecular weight excluding hydrogens is 294 g/mol. The summed E-state index contributed by atoms with van der Waals surface area (Å²) >= 11 is 3.42. The molecule has 1 amide bonds. The van der Waals surface area contributed by atoms with Gasteiger partial charge in [-0.25, -0.2) is 0 Å². The molecule has 1 aromatic carbocycles. The van der Waals surface area contributed by atoms with Crippen molar-refractivity contribution in [1.29, 1.82) is 0 Å². The molecule has 4 heteroatoms. The minimum Gasteiger partial charge on any atom is -0.375 e. The summed E-state index contributed by atoms with van der Waals surface area (Å²) in [5.74, 6) is 0.107. The number of carbonyl (C=O) groups is 1. The Labute approximate surface area is 116 Å². The first kappa shape index (κ1) is 13.6. The summed E-state index contributed by atoms with van der Waals surface area (Å²) in [5, 5.41) is 0. The highest BCUT2D eigenvalue weighted by Gasteiger charge is 2.24. The van der Waals surface area contributed by atoms with E-state index in [2.05, 4.69) is 22.9 Å². The third kappa shape index (κ3) is 2.93. The second-order valence-corrected chi connectivity index (χ2v) is 5.53. The summed E-state index contributed by atoms with van der Waals surface area (Å²) in [6.07, 6.45) is 1.12. The van der Waals surface area contributed by atoms with Gasteiger partial charge in [0.2, 0.25) is 0 Å². The fourth-order valence-corrected chi connectivity index (χ4v) is 2.51. The summed E-state index contributed by atoms with van der Waals surface area (Å²) in [5.41, 5.74) is 1.80. The van der Waals surface area contributed by atoms with E-state index in [-0.39, 0.29) is 12.0 Å². The molecule has 0 bridgehead atoms. The Bertz CT molecular complexity index is 447. The smallest absolute Gasteiger partial charge is 0.254 e. The van der Waals surface area contributed by atoms with Crippen molar-refractivity contribution in [3.05, 3.63) is 33.8 Å². The number of amides is 1. The van der Waals surface area contributed by atoms with Crippen molar-refractivity contribution < 1.29 is 9.53 Å². The monoisotopic (exact) mass is 311 g/mol. The van der Waals surface area contributed by atoms with Crippen LogP contribution in [0.3, 0.4) is 0 Å². The molecule has 3 nitrogen and oxygen atoms in total. The van der Waals surface area contributed by atoms with Crippen LogP contribution >= 0.6 is 15.9 Å². The minimum absolute atomic E-state index is 0.107. The van der Waals surface area contributed by atoms with Gasteiger partial charge in [-0.3, -0.25) is 4.79 Å². The van der Waals surface area contributed by atoms with Gasteiger partial charge < -0.3 is 9.64 Å². The van der Waals surface area contributed by atoms with E-state index < -0.39 is 0 Å². The van der Waals surface area contributed by atoms with Crippen molar-refractivity contribution in [1.82, 2.24) is 4.90 Å². The van der Waals surface area contributed by atoms with Gasteiger partial charge >= 0.3 is 0 Å². The van der Waals surface area contributed by atoms with Crippen LogP contribution in [0.2, 0.25) is 0 Å². The molecule has 1 unspecified atom stereocenters. The molecule has 1 aliphatic heterocycles. The molecule has 1 aliphatic rings. The average Bonchev–Trinajstić information content (AvgIpc) is 2.41. The van der Waals surface area contributed by atoms with Crippen molar-refractivity contribution in [2.45, 2.75) is 26.4 Å². The van der Waals surface area contributed by atoms with Gasteiger partial charge in [0.1, 0.15) is 0 Å². The Kier molecular flexibility index (Phi) is 4.40. The maximum Gasteiger partial charge on any atom is 0.254 e. The van der Waals surface area contributed by atoms with Crippen molar-refractivity contribution in [2.24, 2.45) is 0 Å². The Balaban J connectivity index is 2.17. The number of aryl methyl sites for hydroxylation is 1. The zero-order valence-corrected chi connectivity index (χ0v) is 12.4. The molecule has 0 aromatic heterocycles. The van der Waals surface area contributed by atoms with Crippen LogP contribution in [0, 0.1) is 6.92 Å². The maximum atomic E-state index is 12.5. The molecule has 1 heterocycles. The van der Waals surface area contributed by atoms with E-state index in [1.165, 1.54) is 0 Å². The van der Waals surface area contributed by atoms with Crippen LogP contribution in [0.15, 0.2) is 22.7 Å². The van der Waals surface area contributed by atoms with E-state index in [0.717, 1.165) is 22.0 Å². The van der Waals surface area contributed by atoms with Gasteiger partial charge in [0.05, 0.1) is 12.7 Å². The molecule has 0 saturated carbocycles. The van der Waals surface area contributed by atoms with Crippen LogP contribution in [-0.4, -0.2) is 36.6 Å². The fraction of sp³-hybridized carbons (Fsp3) is 0.500. The summed E-state index contributed by atoms with van der Waals surface area (Å²) < 4.78 is 6.54. The molecule has 0 N–H and O–H groups in total. The van der Waals surface area contributed by atoms with Gasteiger partial charge in [-0.05, 0) is 31.0 Å². The average molecular weight is 312 g/mol. The third-order valence-electron chi connectivity index (χ3n) is 3.31. The van der Waals surface area contributed by atoms with Crippen LogP contribution in [0.25, 0.3) is 0 Å². The molecule has 2 rings (SSSR count). The van der Waals surface area contributed by atoms with Crippen LogP contribution in [0.1, 0.15) is 29.3 Å². The predicted octanol–water partition coefficient (Wildman–Crippen LogP) is 3.01. The number of morpholine rings is 1. The lowest BCUT2D eigenvalue weighted by Crippen LogP contribution is -2.45. The number of halogens is 1. The molecule has 1 saturated heterocycles. The Morgan fingerprint density at radius 3 is 3.06 bits per heavy atom. The zero-order chi connectivity index (χ0) is 13.1. The highest BCUT2D eigenvalue weighted by atomic mass is 79.9. The number of carbonyl (C=O) groups excluding carboxylic acids is 1. The van der Waals surface area contributed by atoms with Gasteiger partial charge in [-0.2, -0.15) is 0 Å². The molecular formula is C14H18BrNO2. The first-order chi connectivity index (χ1) is 8.61. The summed E-state index contributed by atoms with van der Waals surface area (Å²) in [6, 6.07) is 5.82. The predicted molar refractivity (Wildman–Crippen MR) is 74.8 cm³/mol. The van der Waals surface area contributed by atoms with Gasteiger partial charge in [0.15, 0.2) is 0 Å². The van der Waals surface area contributed by atoms with Gasteiger partial charge in [0.25, 0.3) is 5.91 Å². The van der Waals surface area contributed by atoms with Gasteiger partial charge in [-0.1, -0.05) is 28.9 Å². The van der Waals surface area contributed by atoms with E-state index in [9.17, 15) is 4.79 Å². The van der Waals surface area contributed by atoms with Gasteiger partial charge in [-0.15, -0.1) is 0 Å². The second-order valence-electron chi connectivity index (χ2n) is 4.61. The highest BCUT2D eigenvalue weighted by Crippen LogP contribution is 2.19. The third-order valence-corrected chi connectivity index (χ3v) is 3.80. The molecule has 18 heavy (non-hydrogen) atoms. The molecule has 1 fully saturated rings. The Morgan fingerprint density at radius 2 is 2.33 bits per heavy atom. The van der Waals surface area contributed by atoms with Crippen LogP contribution in [0.5, 0.6) is 0 Å². The molecule has 1 atom stereocenters. The Hall–Kier alpha value is -0.870. The standard InChI is InChI=1S/C14H18BrNO2/c1-3-12-9-16(6-7-18-12)14(17)13-8-11(15)5-4-10(13)2/h4-5,8,12H,3,6-7,9H2,1-2H3. The number of hydrogen-bond acceptors (Lipinski definition) is 2. The summed E-state index contributed by atoms with van der Waals surface area (Å²) in [7, 11) is 0. The zero-order valence-electron chi connectivity index (χ0n) is 10.8. The quantitative estimate of drug-likeness (QED) is 0.840. The topological polar surface area (TPSA) is 29.5 Å². The van der Waals surface area contributed by atoms with E-state index >= 15 is 0 Å². The lowest BCUT2D eigenvalue weighted by Gasteiger charge is -2.32. The second kappa shape index (κ2) is 5.85. The van der Waals surface area contributed by atoms with E-state index in [0.29, 0.717) is 19.7 Å². The normalized spacial score (nSPS) is 19.9. The van der Waals surface area contributed by atoms with Crippen molar-refractivity contribution in [3.8, 4) is 0 Å². The Morgan fingerprint density at radius 1 is 1.56 bits per heavy atom. The van der Waals surface area contributed by atoms with Crippen molar-refractivity contribution >= 4 is 21.8 Å². The largest absolute Gasteiger partial charge is 0.375 e. The van der Waals surface area contributed by atoms with Crippen molar-refractivity contribution in [3.63, 3.8) is 0 Å². The number of nitrogens with zero attached hydrogens (tertiary/aromatic N) is 1. The first-order valence-corrected chi connectivity index (χ1v) is 7.08. The van der Waals surface area contributed by atoms with Crippen LogP contribution in [0.4, 0.5) is 0 Å². The molecule has 0 radical (unpaired) electrons. The van der Waals surface area contributed by atoms with E-state index in [1.807, 2.05) is 30.0 Å². The van der Waals surface area contributed by atoms with E-state index in [1.54, 1.807) is 0 Å². The lowest BCUT2D eigenvalue weighted by molar-refractivity contribution is -0.0226. The minimum atomic E-state index is 0.107. The molecule has 98 valence electrons. The number of hydrogen-bond donors (Lipinski definition) is 0. The lowest BCUT2D eigenvalue weighted by atomic mass is 10.1. The molecule has 1 aromatic rings. The van der Waals surface area contributed by atoms with E-state index in [4.69, 9.17) is 4.74 Å². The van der Waals surface area contributed by atoms with Crippen LogP contribution < -0.4 is 0 Å². The summed E-state index contributed by atoms with van der Waals surface area (Å²) in [4.78, 5) is 14.4. The SMILES string of the molecule is CCC1CN(C(=O)c2cc(Br)ccc2C)CCO1. The fourth-order valence-electron chi connectivity index (χ4n) is 2.15. The molecule has 0 spiro atoms. The maximum absolute atomic E-state index is 12.5.